The largest absolute Gasteiger partial charge is 0.508 e. The van der Waals surface area contributed by atoms with Crippen molar-refractivity contribution in [2.75, 3.05) is 32.7 Å². The number of nitrogens with zero attached hydrogens (tertiary/aromatic N) is 2. The summed E-state index contributed by atoms with van der Waals surface area (Å²) in [5.41, 5.74) is 3.84. The number of ether oxygens (including phenoxy) is 1. The second-order valence-corrected chi connectivity index (χ2v) is 6.90. The lowest BCUT2D eigenvalue weighted by Crippen LogP contribution is -2.46. The maximum atomic E-state index is 9.53. The molecule has 1 saturated heterocycles. The summed E-state index contributed by atoms with van der Waals surface area (Å²) in [5, 5.41) is 9.53. The molecule has 0 bridgehead atoms. The second-order valence-electron chi connectivity index (χ2n) is 6.90. The maximum absolute atomic E-state index is 9.53. The maximum Gasteiger partial charge on any atom is 0.133 e. The molecule has 0 saturated carbocycles. The Bertz CT molecular complexity index is 750. The van der Waals surface area contributed by atoms with Crippen LogP contribution in [0.2, 0.25) is 0 Å². The molecule has 0 radical (unpaired) electrons. The van der Waals surface area contributed by atoms with Crippen LogP contribution in [0.4, 0.5) is 0 Å². The van der Waals surface area contributed by atoms with Crippen molar-refractivity contribution in [3.8, 4) is 11.5 Å². The molecule has 130 valence electrons. The fourth-order valence-corrected chi connectivity index (χ4v) is 3.56. The van der Waals surface area contributed by atoms with Crippen LogP contribution in [0.5, 0.6) is 11.5 Å². The summed E-state index contributed by atoms with van der Waals surface area (Å²) in [4.78, 5) is 5.03. The molecule has 0 unspecified atom stereocenters. The molecule has 4 nitrogen and oxygen atoms in total. The van der Waals surface area contributed by atoms with Gasteiger partial charge in [-0.15, -0.1) is 0 Å². The molecule has 2 aromatic carbocycles. The Morgan fingerprint density at radius 1 is 0.880 bits per heavy atom. The SMILES string of the molecule is Oc1ccc2c(c1)OC=C(CN1CCN(Cc3ccccc3)CC1)C2. The topological polar surface area (TPSA) is 35.9 Å². The minimum atomic E-state index is 0.255. The van der Waals surface area contributed by atoms with E-state index in [1.807, 2.05) is 12.3 Å². The van der Waals surface area contributed by atoms with E-state index < -0.39 is 0 Å². The fraction of sp³-hybridized carbons (Fsp3) is 0.333. The highest BCUT2D eigenvalue weighted by Crippen LogP contribution is 2.30. The van der Waals surface area contributed by atoms with Gasteiger partial charge in [0, 0.05) is 51.8 Å². The first-order valence-electron chi connectivity index (χ1n) is 8.91. The van der Waals surface area contributed by atoms with Gasteiger partial charge in [-0.2, -0.15) is 0 Å². The van der Waals surface area contributed by atoms with E-state index in [-0.39, 0.29) is 5.75 Å². The molecule has 25 heavy (non-hydrogen) atoms. The Morgan fingerprint density at radius 2 is 1.60 bits per heavy atom. The van der Waals surface area contributed by atoms with Crippen molar-refractivity contribution in [3.63, 3.8) is 0 Å². The number of aromatic hydroxyl groups is 1. The van der Waals surface area contributed by atoms with Gasteiger partial charge < -0.3 is 9.84 Å². The lowest BCUT2D eigenvalue weighted by atomic mass is 10.0. The molecule has 2 aliphatic rings. The summed E-state index contributed by atoms with van der Waals surface area (Å²) in [6, 6.07) is 16.1. The fourth-order valence-electron chi connectivity index (χ4n) is 3.56. The van der Waals surface area contributed by atoms with E-state index in [9.17, 15) is 5.11 Å². The summed E-state index contributed by atoms with van der Waals surface area (Å²) in [6.07, 6.45) is 2.76. The minimum Gasteiger partial charge on any atom is -0.508 e. The lowest BCUT2D eigenvalue weighted by Gasteiger charge is -2.35. The first-order chi connectivity index (χ1) is 12.3. The number of hydrogen-bond donors (Lipinski definition) is 1. The van der Waals surface area contributed by atoms with E-state index >= 15 is 0 Å². The quantitative estimate of drug-likeness (QED) is 0.931. The Morgan fingerprint density at radius 3 is 2.36 bits per heavy atom. The highest BCUT2D eigenvalue weighted by molar-refractivity contribution is 5.44. The van der Waals surface area contributed by atoms with Gasteiger partial charge in [0.25, 0.3) is 0 Å². The van der Waals surface area contributed by atoms with E-state index in [1.54, 1.807) is 12.1 Å². The molecule has 0 aliphatic carbocycles. The van der Waals surface area contributed by atoms with Crippen LogP contribution in [0.25, 0.3) is 0 Å². The number of phenolic OH excluding ortho intramolecular Hbond substituents is 1. The van der Waals surface area contributed by atoms with Gasteiger partial charge in [0.2, 0.25) is 0 Å². The molecule has 0 aromatic heterocycles. The normalized spacial score (nSPS) is 18.3. The molecule has 0 atom stereocenters. The van der Waals surface area contributed by atoms with Gasteiger partial charge in [0.05, 0.1) is 6.26 Å². The summed E-state index contributed by atoms with van der Waals surface area (Å²) in [6.45, 7) is 6.39. The van der Waals surface area contributed by atoms with Crippen LogP contribution < -0.4 is 4.74 Å². The molecule has 2 aromatic rings. The first-order valence-corrected chi connectivity index (χ1v) is 8.91. The van der Waals surface area contributed by atoms with E-state index in [1.165, 1.54) is 11.1 Å². The van der Waals surface area contributed by atoms with Gasteiger partial charge in [0.15, 0.2) is 0 Å². The van der Waals surface area contributed by atoms with Crippen LogP contribution in [0, 0.1) is 0 Å². The third kappa shape index (κ3) is 4.03. The van der Waals surface area contributed by atoms with Crippen molar-refractivity contribution in [3.05, 3.63) is 71.5 Å². The standard InChI is InChI=1S/C21H24N2O2/c24-20-7-6-19-12-18(16-25-21(19)13-20)15-23-10-8-22(9-11-23)14-17-4-2-1-3-5-17/h1-7,13,16,24H,8-12,14-15H2. The van der Waals surface area contributed by atoms with Gasteiger partial charge in [-0.25, -0.2) is 0 Å². The van der Waals surface area contributed by atoms with E-state index in [0.717, 1.165) is 57.0 Å². The minimum absolute atomic E-state index is 0.255. The molecule has 1 fully saturated rings. The average Bonchev–Trinajstić information content (AvgIpc) is 2.64. The Kier molecular flexibility index (Phi) is 4.72. The Hall–Kier alpha value is -2.30. The summed E-state index contributed by atoms with van der Waals surface area (Å²) in [7, 11) is 0. The molecule has 0 spiro atoms. The molecular formula is C21H24N2O2. The van der Waals surface area contributed by atoms with Crippen molar-refractivity contribution >= 4 is 0 Å². The third-order valence-electron chi connectivity index (χ3n) is 4.96. The van der Waals surface area contributed by atoms with Crippen LogP contribution >= 0.6 is 0 Å². The van der Waals surface area contributed by atoms with Gasteiger partial charge in [-0.3, -0.25) is 9.80 Å². The van der Waals surface area contributed by atoms with Gasteiger partial charge in [0.1, 0.15) is 11.5 Å². The Balaban J connectivity index is 1.28. The lowest BCUT2D eigenvalue weighted by molar-refractivity contribution is 0.133. The second kappa shape index (κ2) is 7.30. The van der Waals surface area contributed by atoms with E-state index in [0.29, 0.717) is 0 Å². The number of phenols is 1. The summed E-state index contributed by atoms with van der Waals surface area (Å²) in [5.74, 6) is 1.03. The number of hydrogen-bond acceptors (Lipinski definition) is 4. The van der Waals surface area contributed by atoms with Crippen molar-refractivity contribution in [2.24, 2.45) is 0 Å². The van der Waals surface area contributed by atoms with Crippen LogP contribution in [-0.4, -0.2) is 47.6 Å². The van der Waals surface area contributed by atoms with E-state index in [4.69, 9.17) is 4.74 Å². The molecular weight excluding hydrogens is 312 g/mol. The average molecular weight is 336 g/mol. The highest BCUT2D eigenvalue weighted by atomic mass is 16.5. The van der Waals surface area contributed by atoms with Crippen molar-refractivity contribution in [2.45, 2.75) is 13.0 Å². The summed E-state index contributed by atoms with van der Waals surface area (Å²) >= 11 is 0. The Labute approximate surface area is 148 Å². The highest BCUT2D eigenvalue weighted by Gasteiger charge is 2.20. The van der Waals surface area contributed by atoms with Gasteiger partial charge >= 0.3 is 0 Å². The van der Waals surface area contributed by atoms with Crippen molar-refractivity contribution in [1.29, 1.82) is 0 Å². The zero-order valence-electron chi connectivity index (χ0n) is 14.4. The zero-order chi connectivity index (χ0) is 17.1. The number of fused-ring (bicyclic) bond motifs is 1. The monoisotopic (exact) mass is 336 g/mol. The predicted molar refractivity (Wildman–Crippen MR) is 98.7 cm³/mol. The van der Waals surface area contributed by atoms with Gasteiger partial charge in [-0.1, -0.05) is 36.4 Å². The van der Waals surface area contributed by atoms with Crippen LogP contribution in [0.15, 0.2) is 60.4 Å². The van der Waals surface area contributed by atoms with E-state index in [2.05, 4.69) is 40.1 Å². The third-order valence-corrected chi connectivity index (χ3v) is 4.96. The summed E-state index contributed by atoms with van der Waals surface area (Å²) < 4.78 is 5.70. The number of piperazine rings is 1. The van der Waals surface area contributed by atoms with Crippen LogP contribution in [0.1, 0.15) is 11.1 Å². The smallest absolute Gasteiger partial charge is 0.133 e. The molecule has 4 rings (SSSR count). The first kappa shape index (κ1) is 16.2. The number of benzene rings is 2. The molecule has 2 heterocycles. The predicted octanol–water partition coefficient (Wildman–Crippen LogP) is 3.03. The zero-order valence-corrected chi connectivity index (χ0v) is 14.4. The van der Waals surface area contributed by atoms with Crippen LogP contribution in [0.3, 0.4) is 0 Å². The van der Waals surface area contributed by atoms with Gasteiger partial charge in [-0.05, 0) is 22.8 Å². The van der Waals surface area contributed by atoms with Crippen molar-refractivity contribution < 1.29 is 9.84 Å². The molecule has 2 aliphatic heterocycles. The molecule has 0 amide bonds. The van der Waals surface area contributed by atoms with Crippen molar-refractivity contribution in [1.82, 2.24) is 9.80 Å². The molecule has 1 N–H and O–H groups in total. The van der Waals surface area contributed by atoms with Crippen LogP contribution in [-0.2, 0) is 13.0 Å². The molecule has 4 heteroatoms. The number of rotatable bonds is 4.